The average molecular weight is 172 g/mol. The first-order chi connectivity index (χ1) is 5.50. The molecule has 0 unspecified atom stereocenters. The number of alkyl halides is 3. The van der Waals surface area contributed by atoms with Crippen molar-refractivity contribution in [3.63, 3.8) is 0 Å². The van der Waals surface area contributed by atoms with E-state index >= 15 is 0 Å². The average Bonchev–Trinajstić information content (AvgIpc) is 2.11. The number of hydrogen-bond acceptors (Lipinski definition) is 0. The normalized spacial score (nSPS) is 17.0. The van der Waals surface area contributed by atoms with Crippen molar-refractivity contribution in [2.75, 3.05) is 0 Å². The predicted molar refractivity (Wildman–Crippen MR) is 40.5 cm³/mol. The lowest BCUT2D eigenvalue weighted by Crippen LogP contribution is -2.09. The van der Waals surface area contributed by atoms with E-state index in [-0.39, 0.29) is 0 Å². The van der Waals surface area contributed by atoms with E-state index < -0.39 is 11.7 Å². The maximum absolute atomic E-state index is 12.1. The molecular weight excluding hydrogens is 165 g/mol. The van der Waals surface area contributed by atoms with Crippen molar-refractivity contribution >= 4 is 0 Å². The molecule has 0 saturated carbocycles. The molecule has 0 aromatic rings. The van der Waals surface area contributed by atoms with Crippen LogP contribution in [0.3, 0.4) is 0 Å². The summed E-state index contributed by atoms with van der Waals surface area (Å²) in [5.41, 5.74) is 2.53. The fourth-order valence-electron chi connectivity index (χ4n) is 0.760. The Morgan fingerprint density at radius 2 is 2.00 bits per heavy atom. The molecule has 0 aromatic carbocycles. The first-order valence-electron chi connectivity index (χ1n) is 3.39. The SMILES string of the molecule is CC1=C=CC(C(F)(F)F)=CC=C1. The topological polar surface area (TPSA) is 0 Å². The van der Waals surface area contributed by atoms with E-state index in [4.69, 9.17) is 0 Å². The molecule has 0 amide bonds. The van der Waals surface area contributed by atoms with E-state index in [1.807, 2.05) is 0 Å². The van der Waals surface area contributed by atoms with Crippen LogP contribution in [0.1, 0.15) is 6.92 Å². The smallest absolute Gasteiger partial charge is 0.166 e. The molecule has 0 aliphatic heterocycles. The molecule has 0 fully saturated rings. The summed E-state index contributed by atoms with van der Waals surface area (Å²) in [4.78, 5) is 0. The van der Waals surface area contributed by atoms with Crippen molar-refractivity contribution in [1.82, 2.24) is 0 Å². The van der Waals surface area contributed by atoms with Crippen LogP contribution in [-0.2, 0) is 0 Å². The van der Waals surface area contributed by atoms with Gasteiger partial charge in [0.2, 0.25) is 0 Å². The van der Waals surface area contributed by atoms with Gasteiger partial charge in [-0.05, 0) is 24.6 Å². The van der Waals surface area contributed by atoms with Crippen molar-refractivity contribution in [3.05, 3.63) is 41.2 Å². The number of hydrogen-bond donors (Lipinski definition) is 0. The molecule has 1 aliphatic rings. The highest BCUT2D eigenvalue weighted by molar-refractivity contribution is 5.35. The Bertz CT molecular complexity index is 296. The highest BCUT2D eigenvalue weighted by atomic mass is 19.4. The van der Waals surface area contributed by atoms with Crippen molar-refractivity contribution in [3.8, 4) is 0 Å². The Hall–Kier alpha value is -1.21. The van der Waals surface area contributed by atoms with Crippen molar-refractivity contribution in [2.45, 2.75) is 13.1 Å². The summed E-state index contributed by atoms with van der Waals surface area (Å²) >= 11 is 0. The maximum Gasteiger partial charge on any atom is 0.417 e. The zero-order chi connectivity index (χ0) is 9.19. The summed E-state index contributed by atoms with van der Waals surface area (Å²) < 4.78 is 36.2. The van der Waals surface area contributed by atoms with E-state index in [0.29, 0.717) is 5.57 Å². The first-order valence-corrected chi connectivity index (χ1v) is 3.39. The van der Waals surface area contributed by atoms with Crippen LogP contribution in [0, 0.1) is 0 Å². The lowest BCUT2D eigenvalue weighted by molar-refractivity contribution is -0.0881. The van der Waals surface area contributed by atoms with Gasteiger partial charge in [0.05, 0.1) is 5.57 Å². The third-order valence-corrected chi connectivity index (χ3v) is 1.40. The summed E-state index contributed by atoms with van der Waals surface area (Å²) in [6.45, 7) is 1.69. The molecule has 0 bridgehead atoms. The molecule has 1 rings (SSSR count). The largest absolute Gasteiger partial charge is 0.417 e. The van der Waals surface area contributed by atoms with Crippen LogP contribution in [0.4, 0.5) is 13.2 Å². The minimum absolute atomic E-state index is 0.671. The molecule has 0 heterocycles. The van der Waals surface area contributed by atoms with E-state index in [0.717, 1.165) is 12.2 Å². The van der Waals surface area contributed by atoms with Gasteiger partial charge in [-0.25, -0.2) is 0 Å². The van der Waals surface area contributed by atoms with Gasteiger partial charge < -0.3 is 0 Å². The second-order valence-corrected chi connectivity index (χ2v) is 2.45. The lowest BCUT2D eigenvalue weighted by Gasteiger charge is -2.04. The third kappa shape index (κ3) is 2.14. The minimum Gasteiger partial charge on any atom is -0.166 e. The molecule has 0 aromatic heterocycles. The Morgan fingerprint density at radius 3 is 2.58 bits per heavy atom. The Kier molecular flexibility index (Phi) is 2.25. The quantitative estimate of drug-likeness (QED) is 0.492. The van der Waals surface area contributed by atoms with Crippen LogP contribution < -0.4 is 0 Å². The van der Waals surface area contributed by atoms with Gasteiger partial charge in [0, 0.05) is 0 Å². The lowest BCUT2D eigenvalue weighted by atomic mass is 10.2. The van der Waals surface area contributed by atoms with Crippen molar-refractivity contribution in [1.29, 1.82) is 0 Å². The van der Waals surface area contributed by atoms with Gasteiger partial charge >= 0.3 is 6.18 Å². The van der Waals surface area contributed by atoms with Gasteiger partial charge in [0.15, 0.2) is 0 Å². The second-order valence-electron chi connectivity index (χ2n) is 2.45. The minimum atomic E-state index is -4.28. The standard InChI is InChI=1S/C9H7F3/c1-7-3-2-4-8(6-5-7)9(10,11)12/h2-4,6H,1H3. The molecule has 0 nitrogen and oxygen atoms in total. The zero-order valence-electron chi connectivity index (χ0n) is 6.44. The van der Waals surface area contributed by atoms with Gasteiger partial charge in [0.25, 0.3) is 0 Å². The third-order valence-electron chi connectivity index (χ3n) is 1.40. The van der Waals surface area contributed by atoms with Crippen molar-refractivity contribution in [2.24, 2.45) is 0 Å². The molecule has 0 N–H and O–H groups in total. The highest BCUT2D eigenvalue weighted by Gasteiger charge is 2.31. The summed E-state index contributed by atoms with van der Waals surface area (Å²) in [7, 11) is 0. The fraction of sp³-hybridized carbons (Fsp3) is 0.222. The molecule has 64 valence electrons. The van der Waals surface area contributed by atoms with Gasteiger partial charge in [-0.1, -0.05) is 12.2 Å². The maximum atomic E-state index is 12.1. The molecule has 0 atom stereocenters. The zero-order valence-corrected chi connectivity index (χ0v) is 6.44. The highest BCUT2D eigenvalue weighted by Crippen LogP contribution is 2.27. The summed E-state index contributed by atoms with van der Waals surface area (Å²) in [6.07, 6.45) is 0.657. The van der Waals surface area contributed by atoms with Crippen LogP contribution >= 0.6 is 0 Å². The van der Waals surface area contributed by atoms with Crippen LogP contribution in [0.25, 0.3) is 0 Å². The molecular formula is C9H7F3. The monoisotopic (exact) mass is 172 g/mol. The molecule has 0 saturated heterocycles. The van der Waals surface area contributed by atoms with Crippen LogP contribution in [-0.4, -0.2) is 6.18 Å². The number of rotatable bonds is 0. The van der Waals surface area contributed by atoms with Crippen LogP contribution in [0.15, 0.2) is 41.2 Å². The molecule has 0 spiro atoms. The van der Waals surface area contributed by atoms with E-state index in [9.17, 15) is 13.2 Å². The van der Waals surface area contributed by atoms with Crippen molar-refractivity contribution < 1.29 is 13.2 Å². The first kappa shape index (κ1) is 8.88. The van der Waals surface area contributed by atoms with Gasteiger partial charge in [-0.15, -0.1) is 5.73 Å². The van der Waals surface area contributed by atoms with Gasteiger partial charge in [-0.2, -0.15) is 13.2 Å². The summed E-state index contributed by atoms with van der Waals surface area (Å²) in [6, 6.07) is 0. The second kappa shape index (κ2) is 3.03. The van der Waals surface area contributed by atoms with E-state index in [1.165, 1.54) is 6.08 Å². The Morgan fingerprint density at radius 1 is 1.33 bits per heavy atom. The Labute approximate surface area is 68.4 Å². The summed E-state index contributed by atoms with van der Waals surface area (Å²) in [5.74, 6) is 0. The molecule has 12 heavy (non-hydrogen) atoms. The van der Waals surface area contributed by atoms with E-state index in [2.05, 4.69) is 5.73 Å². The van der Waals surface area contributed by atoms with Crippen LogP contribution in [0.5, 0.6) is 0 Å². The molecule has 3 heteroatoms. The molecule has 0 radical (unpaired) electrons. The number of allylic oxidation sites excluding steroid dienone is 5. The van der Waals surface area contributed by atoms with Gasteiger partial charge in [-0.3, -0.25) is 0 Å². The van der Waals surface area contributed by atoms with E-state index in [1.54, 1.807) is 13.0 Å². The Balaban J connectivity index is 3.04. The number of halogens is 3. The van der Waals surface area contributed by atoms with Gasteiger partial charge in [0.1, 0.15) is 0 Å². The molecule has 1 aliphatic carbocycles. The fourth-order valence-corrected chi connectivity index (χ4v) is 0.760. The summed E-state index contributed by atoms with van der Waals surface area (Å²) in [5, 5.41) is 0. The predicted octanol–water partition coefficient (Wildman–Crippen LogP) is 3.15. The van der Waals surface area contributed by atoms with Crippen LogP contribution in [0.2, 0.25) is 0 Å².